The number of nitrogens with one attached hydrogen (secondary N) is 1. The maximum Gasteiger partial charge on any atom is 0.328 e. The van der Waals surface area contributed by atoms with Gasteiger partial charge in [0, 0.05) is 0 Å². The molecule has 2 N–H and O–H groups in total. The first-order valence-electron chi connectivity index (χ1n) is 5.53. The van der Waals surface area contributed by atoms with Gasteiger partial charge in [0.1, 0.15) is 5.76 Å². The third-order valence-electron chi connectivity index (χ3n) is 2.33. The van der Waals surface area contributed by atoms with Gasteiger partial charge in [0.05, 0.1) is 16.8 Å². The molecule has 0 saturated heterocycles. The highest BCUT2D eigenvalue weighted by molar-refractivity contribution is 7.85. The minimum absolute atomic E-state index is 0.0436. The maximum absolute atomic E-state index is 11.7. The molecule has 0 aliphatic rings. The number of amides is 1. The predicted octanol–water partition coefficient (Wildman–Crippen LogP) is 1.94. The van der Waals surface area contributed by atoms with E-state index in [1.807, 2.05) is 0 Å². The van der Waals surface area contributed by atoms with Crippen molar-refractivity contribution in [2.75, 3.05) is 0 Å². The molecule has 1 aromatic carbocycles. The fraction of sp³-hybridized carbons (Fsp3) is 0. The van der Waals surface area contributed by atoms with E-state index >= 15 is 0 Å². The zero-order chi connectivity index (χ0) is 15.5. The van der Waals surface area contributed by atoms with Crippen LogP contribution in [0, 0.1) is 0 Å². The SMILES string of the molecule is O=C(NN=Cc1ccc(S(=O)(=O)O)o1)c1ccccc1Cl. The van der Waals surface area contributed by atoms with Crippen molar-refractivity contribution in [1.82, 2.24) is 5.43 Å². The van der Waals surface area contributed by atoms with Crippen LogP contribution in [0.4, 0.5) is 0 Å². The Bertz CT molecular complexity index is 797. The van der Waals surface area contributed by atoms with Gasteiger partial charge < -0.3 is 4.42 Å². The van der Waals surface area contributed by atoms with Crippen molar-refractivity contribution in [3.63, 3.8) is 0 Å². The summed E-state index contributed by atoms with van der Waals surface area (Å²) < 4.78 is 35.1. The lowest BCUT2D eigenvalue weighted by Crippen LogP contribution is -2.17. The standard InChI is InChI=1S/C12H9ClN2O5S/c13-10-4-2-1-3-9(10)12(16)15-14-7-8-5-6-11(20-8)21(17,18)19/h1-7H,(H,15,16)(H,17,18,19). The number of carbonyl (C=O) groups excluding carboxylic acids is 1. The van der Waals surface area contributed by atoms with Gasteiger partial charge in [0.25, 0.3) is 5.91 Å². The highest BCUT2D eigenvalue weighted by atomic mass is 35.5. The number of hydrazone groups is 1. The molecule has 1 amide bonds. The molecule has 1 aromatic heterocycles. The number of carbonyl (C=O) groups is 1. The minimum atomic E-state index is -4.41. The van der Waals surface area contributed by atoms with Crippen molar-refractivity contribution in [2.45, 2.75) is 5.09 Å². The normalized spacial score (nSPS) is 11.7. The van der Waals surface area contributed by atoms with E-state index in [0.29, 0.717) is 0 Å². The van der Waals surface area contributed by atoms with Crippen LogP contribution in [0.1, 0.15) is 16.1 Å². The summed E-state index contributed by atoms with van der Waals surface area (Å²) in [6, 6.07) is 8.75. The van der Waals surface area contributed by atoms with Crippen LogP contribution in [0.25, 0.3) is 0 Å². The largest absolute Gasteiger partial charge is 0.441 e. The average molecular weight is 329 g/mol. The quantitative estimate of drug-likeness (QED) is 0.506. The zero-order valence-corrected chi connectivity index (χ0v) is 11.9. The number of halogens is 1. The Morgan fingerprint density at radius 2 is 2.00 bits per heavy atom. The molecule has 110 valence electrons. The Morgan fingerprint density at radius 1 is 1.29 bits per heavy atom. The molecule has 9 heteroatoms. The Kier molecular flexibility index (Phi) is 4.41. The first-order valence-corrected chi connectivity index (χ1v) is 7.35. The summed E-state index contributed by atoms with van der Waals surface area (Å²) in [4.78, 5) is 11.7. The van der Waals surface area contributed by atoms with Crippen molar-refractivity contribution in [2.24, 2.45) is 5.10 Å². The Hall–Kier alpha value is -2.16. The molecule has 0 fully saturated rings. The fourth-order valence-electron chi connectivity index (χ4n) is 1.40. The van der Waals surface area contributed by atoms with Crippen LogP contribution in [0.5, 0.6) is 0 Å². The van der Waals surface area contributed by atoms with Gasteiger partial charge in [-0.05, 0) is 24.3 Å². The van der Waals surface area contributed by atoms with E-state index in [9.17, 15) is 13.2 Å². The van der Waals surface area contributed by atoms with Gasteiger partial charge in [-0.3, -0.25) is 9.35 Å². The molecule has 0 radical (unpaired) electrons. The molecule has 0 aliphatic heterocycles. The van der Waals surface area contributed by atoms with E-state index in [1.165, 1.54) is 12.1 Å². The molecule has 2 rings (SSSR count). The fourth-order valence-corrected chi connectivity index (χ4v) is 2.07. The summed E-state index contributed by atoms with van der Waals surface area (Å²) in [7, 11) is -4.41. The third-order valence-corrected chi connectivity index (χ3v) is 3.39. The molecule has 0 atom stereocenters. The lowest BCUT2D eigenvalue weighted by atomic mass is 10.2. The predicted molar refractivity (Wildman–Crippen MR) is 75.0 cm³/mol. The molecule has 0 unspecified atom stereocenters. The van der Waals surface area contributed by atoms with Crippen LogP contribution in [0.15, 0.2) is 51.0 Å². The van der Waals surface area contributed by atoms with Gasteiger partial charge >= 0.3 is 10.1 Å². The second kappa shape index (κ2) is 6.08. The van der Waals surface area contributed by atoms with Crippen molar-refractivity contribution in [1.29, 1.82) is 0 Å². The number of benzene rings is 1. The van der Waals surface area contributed by atoms with Gasteiger partial charge in [0.2, 0.25) is 5.09 Å². The minimum Gasteiger partial charge on any atom is -0.441 e. The van der Waals surface area contributed by atoms with Crippen LogP contribution < -0.4 is 5.43 Å². The van der Waals surface area contributed by atoms with E-state index in [1.54, 1.807) is 18.2 Å². The van der Waals surface area contributed by atoms with Crippen molar-refractivity contribution >= 4 is 33.8 Å². The van der Waals surface area contributed by atoms with Crippen LogP contribution in [0.3, 0.4) is 0 Å². The van der Waals surface area contributed by atoms with Crippen LogP contribution in [0.2, 0.25) is 5.02 Å². The highest BCUT2D eigenvalue weighted by Gasteiger charge is 2.14. The van der Waals surface area contributed by atoms with Crippen molar-refractivity contribution in [3.8, 4) is 0 Å². The lowest BCUT2D eigenvalue weighted by Gasteiger charge is -2.01. The Labute approximate surface area is 125 Å². The van der Waals surface area contributed by atoms with Crippen molar-refractivity contribution < 1.29 is 22.2 Å². The molecule has 0 saturated carbocycles. The first kappa shape index (κ1) is 15.2. The summed E-state index contributed by atoms with van der Waals surface area (Å²) in [5.41, 5.74) is 2.46. The van der Waals surface area contributed by atoms with Crippen LogP contribution in [-0.4, -0.2) is 25.1 Å². The summed E-state index contributed by atoms with van der Waals surface area (Å²) in [5, 5.41) is 3.27. The molecule has 1 heterocycles. The summed E-state index contributed by atoms with van der Waals surface area (Å²) >= 11 is 5.84. The summed E-state index contributed by atoms with van der Waals surface area (Å²) in [6.07, 6.45) is 1.09. The Morgan fingerprint density at radius 3 is 2.62 bits per heavy atom. The number of hydrogen-bond acceptors (Lipinski definition) is 5. The van der Waals surface area contributed by atoms with E-state index in [-0.39, 0.29) is 16.3 Å². The van der Waals surface area contributed by atoms with Gasteiger partial charge in [-0.1, -0.05) is 23.7 Å². The molecule has 0 bridgehead atoms. The van der Waals surface area contributed by atoms with E-state index in [0.717, 1.165) is 12.3 Å². The number of nitrogens with zero attached hydrogens (tertiary/aromatic N) is 1. The van der Waals surface area contributed by atoms with Crippen LogP contribution in [-0.2, 0) is 10.1 Å². The molecule has 2 aromatic rings. The number of furan rings is 1. The third kappa shape index (κ3) is 3.91. The number of hydrogen-bond donors (Lipinski definition) is 2. The molecule has 7 nitrogen and oxygen atoms in total. The van der Waals surface area contributed by atoms with E-state index < -0.39 is 21.1 Å². The molecule has 0 aliphatic carbocycles. The van der Waals surface area contributed by atoms with Gasteiger partial charge in [0.15, 0.2) is 0 Å². The number of rotatable bonds is 4. The van der Waals surface area contributed by atoms with Crippen LogP contribution >= 0.6 is 11.6 Å². The molecular weight excluding hydrogens is 320 g/mol. The van der Waals surface area contributed by atoms with Crippen molar-refractivity contribution in [3.05, 3.63) is 52.7 Å². The lowest BCUT2D eigenvalue weighted by molar-refractivity contribution is 0.0955. The second-order valence-corrected chi connectivity index (χ2v) is 5.57. The maximum atomic E-state index is 11.7. The van der Waals surface area contributed by atoms with E-state index in [4.69, 9.17) is 20.6 Å². The zero-order valence-electron chi connectivity index (χ0n) is 10.4. The summed E-state index contributed by atoms with van der Waals surface area (Å²) in [6.45, 7) is 0. The average Bonchev–Trinajstić information content (AvgIpc) is 2.88. The van der Waals surface area contributed by atoms with Gasteiger partial charge in [-0.15, -0.1) is 0 Å². The first-order chi connectivity index (χ1) is 9.88. The smallest absolute Gasteiger partial charge is 0.328 e. The highest BCUT2D eigenvalue weighted by Crippen LogP contribution is 2.14. The topological polar surface area (TPSA) is 109 Å². The molecule has 0 spiro atoms. The molecular formula is C12H9ClN2O5S. The van der Waals surface area contributed by atoms with Gasteiger partial charge in [-0.2, -0.15) is 13.5 Å². The monoisotopic (exact) mass is 328 g/mol. The summed E-state index contributed by atoms with van der Waals surface area (Å²) in [5.74, 6) is -0.486. The molecule has 21 heavy (non-hydrogen) atoms. The van der Waals surface area contributed by atoms with Gasteiger partial charge in [-0.25, -0.2) is 5.43 Å². The Balaban J connectivity index is 2.05. The second-order valence-electron chi connectivity index (χ2n) is 3.81. The van der Waals surface area contributed by atoms with E-state index in [2.05, 4.69) is 10.5 Å².